The highest BCUT2D eigenvalue weighted by atomic mass is 19.4. The van der Waals surface area contributed by atoms with E-state index in [1.54, 1.807) is 7.11 Å². The van der Waals surface area contributed by atoms with Crippen molar-refractivity contribution >= 4 is 11.0 Å². The maximum atomic E-state index is 12.9. The fourth-order valence-electron chi connectivity index (χ4n) is 2.63. The zero-order chi connectivity index (χ0) is 17.0. The van der Waals surface area contributed by atoms with E-state index in [1.165, 1.54) is 6.07 Å². The number of benzene rings is 1. The molecule has 0 atom stereocenters. The first-order valence-corrected chi connectivity index (χ1v) is 7.68. The van der Waals surface area contributed by atoms with E-state index in [1.807, 2.05) is 4.57 Å². The van der Waals surface area contributed by atoms with Gasteiger partial charge in [-0.25, -0.2) is 4.98 Å². The Balaban J connectivity index is 2.38. The summed E-state index contributed by atoms with van der Waals surface area (Å²) >= 11 is 0. The molecule has 0 aliphatic rings. The van der Waals surface area contributed by atoms with E-state index in [2.05, 4.69) is 23.7 Å². The lowest BCUT2D eigenvalue weighted by molar-refractivity contribution is -0.137. The van der Waals surface area contributed by atoms with Crippen molar-refractivity contribution in [3.63, 3.8) is 0 Å². The van der Waals surface area contributed by atoms with Gasteiger partial charge in [0.25, 0.3) is 0 Å². The number of likely N-dealkylation sites (N-methyl/N-ethyl adjacent to an activating group) is 1. The number of alkyl halides is 3. The van der Waals surface area contributed by atoms with Crippen molar-refractivity contribution in [3.05, 3.63) is 29.6 Å². The van der Waals surface area contributed by atoms with Crippen LogP contribution in [0.2, 0.25) is 0 Å². The number of halogens is 3. The second kappa shape index (κ2) is 7.31. The largest absolute Gasteiger partial charge is 0.416 e. The Hall–Kier alpha value is -1.60. The Bertz CT molecular complexity index is 648. The molecule has 1 aromatic carbocycles. The molecule has 2 aromatic rings. The lowest BCUT2D eigenvalue weighted by Gasteiger charge is -2.19. The summed E-state index contributed by atoms with van der Waals surface area (Å²) in [5.41, 5.74) is 0.381. The number of methoxy groups -OCH3 is 1. The molecule has 0 saturated carbocycles. The highest BCUT2D eigenvalue weighted by molar-refractivity contribution is 5.77. The molecule has 1 heterocycles. The predicted molar refractivity (Wildman–Crippen MR) is 83.2 cm³/mol. The Morgan fingerprint density at radius 2 is 1.91 bits per heavy atom. The highest BCUT2D eigenvalue weighted by Gasteiger charge is 2.31. The molecule has 4 nitrogen and oxygen atoms in total. The molecule has 7 heteroatoms. The number of hydrogen-bond acceptors (Lipinski definition) is 3. The Morgan fingerprint density at radius 3 is 2.48 bits per heavy atom. The molecule has 0 aliphatic heterocycles. The van der Waals surface area contributed by atoms with Crippen LogP contribution in [0.15, 0.2) is 18.2 Å². The summed E-state index contributed by atoms with van der Waals surface area (Å²) in [4.78, 5) is 6.58. The molecular formula is C16H22F3N3O. The maximum absolute atomic E-state index is 12.9. The van der Waals surface area contributed by atoms with Crippen LogP contribution in [0.25, 0.3) is 11.0 Å². The smallest absolute Gasteiger partial charge is 0.377 e. The summed E-state index contributed by atoms with van der Waals surface area (Å²) in [7, 11) is 1.55. The molecule has 23 heavy (non-hydrogen) atoms. The Kier molecular flexibility index (Phi) is 5.64. The summed E-state index contributed by atoms with van der Waals surface area (Å²) in [6.07, 6.45) is -4.36. The molecule has 1 aromatic heterocycles. The first-order chi connectivity index (χ1) is 10.9. The first-order valence-electron chi connectivity index (χ1n) is 7.68. The molecule has 2 rings (SSSR count). The zero-order valence-electron chi connectivity index (χ0n) is 13.7. The van der Waals surface area contributed by atoms with Gasteiger partial charge in [-0.05, 0) is 31.3 Å². The molecule has 0 spiro atoms. The molecule has 0 bridgehead atoms. The van der Waals surface area contributed by atoms with Gasteiger partial charge in [-0.3, -0.25) is 0 Å². The van der Waals surface area contributed by atoms with Gasteiger partial charge in [-0.1, -0.05) is 13.8 Å². The minimum atomic E-state index is -4.36. The number of ether oxygens (including phenoxy) is 1. The molecule has 0 N–H and O–H groups in total. The van der Waals surface area contributed by atoms with E-state index in [4.69, 9.17) is 4.74 Å². The second-order valence-corrected chi connectivity index (χ2v) is 5.34. The van der Waals surface area contributed by atoms with Crippen molar-refractivity contribution in [2.45, 2.75) is 33.2 Å². The molecule has 0 unspecified atom stereocenters. The second-order valence-electron chi connectivity index (χ2n) is 5.34. The minimum absolute atomic E-state index is 0.272. The van der Waals surface area contributed by atoms with Gasteiger partial charge in [0, 0.05) is 20.2 Å². The third-order valence-corrected chi connectivity index (χ3v) is 3.96. The first kappa shape index (κ1) is 17.7. The standard InChI is InChI=1S/C16H22F3N3O/c1-4-21(5-2)8-9-22-14-7-6-12(16(17,18)19)10-13(14)20-15(22)11-23-3/h6-7,10H,4-5,8-9,11H2,1-3H3. The minimum Gasteiger partial charge on any atom is -0.377 e. The normalized spacial score (nSPS) is 12.5. The van der Waals surface area contributed by atoms with Crippen LogP contribution in [-0.4, -0.2) is 41.2 Å². The van der Waals surface area contributed by atoms with Crippen molar-refractivity contribution < 1.29 is 17.9 Å². The summed E-state index contributed by atoms with van der Waals surface area (Å²) in [5, 5.41) is 0. The fourth-order valence-corrected chi connectivity index (χ4v) is 2.63. The van der Waals surface area contributed by atoms with Gasteiger partial charge in [0.15, 0.2) is 0 Å². The summed E-state index contributed by atoms with van der Waals surface area (Å²) in [6, 6.07) is 3.70. The van der Waals surface area contributed by atoms with Gasteiger partial charge in [-0.2, -0.15) is 13.2 Å². The lowest BCUT2D eigenvalue weighted by atomic mass is 10.2. The van der Waals surface area contributed by atoms with Crippen LogP contribution in [0.5, 0.6) is 0 Å². The van der Waals surface area contributed by atoms with Crippen LogP contribution >= 0.6 is 0 Å². The van der Waals surface area contributed by atoms with Gasteiger partial charge in [0.2, 0.25) is 0 Å². The van der Waals surface area contributed by atoms with Crippen molar-refractivity contribution in [1.82, 2.24) is 14.5 Å². The molecule has 0 radical (unpaired) electrons. The van der Waals surface area contributed by atoms with E-state index in [0.717, 1.165) is 31.8 Å². The zero-order valence-corrected chi connectivity index (χ0v) is 13.7. The van der Waals surface area contributed by atoms with Crippen LogP contribution in [0.3, 0.4) is 0 Å². The van der Waals surface area contributed by atoms with Crippen LogP contribution < -0.4 is 0 Å². The summed E-state index contributed by atoms with van der Waals surface area (Å²) < 4.78 is 45.6. The van der Waals surface area contributed by atoms with E-state index in [-0.39, 0.29) is 6.61 Å². The topological polar surface area (TPSA) is 30.3 Å². The molecule has 128 valence electrons. The molecule has 0 saturated heterocycles. The molecule has 0 fully saturated rings. The number of aromatic nitrogens is 2. The fraction of sp³-hybridized carbons (Fsp3) is 0.562. The SMILES string of the molecule is CCN(CC)CCn1c(COC)nc2cc(C(F)(F)F)ccc21. The predicted octanol–water partition coefficient (Wildman–Crippen LogP) is 3.54. The van der Waals surface area contributed by atoms with Crippen LogP contribution in [0, 0.1) is 0 Å². The number of nitrogens with zero attached hydrogens (tertiary/aromatic N) is 3. The quantitative estimate of drug-likeness (QED) is 0.778. The van der Waals surface area contributed by atoms with Crippen molar-refractivity contribution in [2.24, 2.45) is 0 Å². The van der Waals surface area contributed by atoms with Crippen LogP contribution in [0.1, 0.15) is 25.2 Å². The average Bonchev–Trinajstić information content (AvgIpc) is 2.84. The Morgan fingerprint density at radius 1 is 1.22 bits per heavy atom. The third-order valence-electron chi connectivity index (χ3n) is 3.96. The number of hydrogen-bond donors (Lipinski definition) is 0. The van der Waals surface area contributed by atoms with Gasteiger partial charge < -0.3 is 14.2 Å². The van der Waals surface area contributed by atoms with Crippen LogP contribution in [-0.2, 0) is 24.1 Å². The molecular weight excluding hydrogens is 307 g/mol. The number of fused-ring (bicyclic) bond motifs is 1. The maximum Gasteiger partial charge on any atom is 0.416 e. The van der Waals surface area contributed by atoms with Crippen molar-refractivity contribution in [3.8, 4) is 0 Å². The summed E-state index contributed by atoms with van der Waals surface area (Å²) in [5.74, 6) is 0.647. The number of imidazole rings is 1. The lowest BCUT2D eigenvalue weighted by Crippen LogP contribution is -2.27. The Labute approximate surface area is 133 Å². The van der Waals surface area contributed by atoms with Crippen LogP contribution in [0.4, 0.5) is 13.2 Å². The van der Waals surface area contributed by atoms with E-state index in [0.29, 0.717) is 23.4 Å². The van der Waals surface area contributed by atoms with E-state index >= 15 is 0 Å². The van der Waals surface area contributed by atoms with E-state index < -0.39 is 11.7 Å². The van der Waals surface area contributed by atoms with Crippen molar-refractivity contribution in [1.29, 1.82) is 0 Å². The van der Waals surface area contributed by atoms with Crippen molar-refractivity contribution in [2.75, 3.05) is 26.7 Å². The average molecular weight is 329 g/mol. The van der Waals surface area contributed by atoms with Gasteiger partial charge in [-0.15, -0.1) is 0 Å². The summed E-state index contributed by atoms with van der Waals surface area (Å²) in [6.45, 7) is 7.79. The van der Waals surface area contributed by atoms with E-state index in [9.17, 15) is 13.2 Å². The number of rotatable bonds is 7. The third kappa shape index (κ3) is 4.03. The highest BCUT2D eigenvalue weighted by Crippen LogP contribution is 2.31. The monoisotopic (exact) mass is 329 g/mol. The molecule has 0 aliphatic carbocycles. The van der Waals surface area contributed by atoms with Gasteiger partial charge >= 0.3 is 6.18 Å². The van der Waals surface area contributed by atoms with Gasteiger partial charge in [0.05, 0.1) is 16.6 Å². The van der Waals surface area contributed by atoms with Gasteiger partial charge in [0.1, 0.15) is 12.4 Å². The molecule has 0 amide bonds.